The third-order valence-corrected chi connectivity index (χ3v) is 12.3. The van der Waals surface area contributed by atoms with Crippen LogP contribution in [0.1, 0.15) is 64.6 Å². The Morgan fingerprint density at radius 3 is 1.84 bits per heavy atom. The molecule has 3 heterocycles. The number of hydrogen-bond donors (Lipinski definition) is 3. The largest absolute Gasteiger partial charge is 0.484 e. The van der Waals surface area contributed by atoms with E-state index in [4.69, 9.17) is 36.6 Å². The van der Waals surface area contributed by atoms with Gasteiger partial charge in [-0.25, -0.2) is 13.9 Å². The molecule has 1 fully saturated rings. The summed E-state index contributed by atoms with van der Waals surface area (Å²) in [5.74, 6) is -0.527. The molecule has 3 aromatic carbocycles. The van der Waals surface area contributed by atoms with Crippen LogP contribution in [0.2, 0.25) is 0 Å². The summed E-state index contributed by atoms with van der Waals surface area (Å²) < 4.78 is 71.8. The van der Waals surface area contributed by atoms with E-state index in [2.05, 4.69) is 5.16 Å². The van der Waals surface area contributed by atoms with Crippen LogP contribution in [-0.4, -0.2) is 66.3 Å². The molecule has 2 aromatic heterocycles. The minimum absolute atomic E-state index is 0.217. The van der Waals surface area contributed by atoms with Crippen LogP contribution in [0.4, 0.5) is 0 Å². The molecule has 20 nitrogen and oxygen atoms in total. The van der Waals surface area contributed by atoms with Crippen LogP contribution in [0.15, 0.2) is 99.2 Å². The lowest BCUT2D eigenvalue weighted by molar-refractivity contribution is -0.143. The van der Waals surface area contributed by atoms with Gasteiger partial charge in [0.1, 0.15) is 35.5 Å². The Hall–Kier alpha value is -5.11. The number of esters is 2. The third kappa shape index (κ3) is 11.9. The first-order valence-corrected chi connectivity index (χ1v) is 22.3. The molecule has 0 saturated carbocycles. The molecule has 63 heavy (non-hydrogen) atoms. The van der Waals surface area contributed by atoms with Crippen molar-refractivity contribution in [1.29, 1.82) is 0 Å². The van der Waals surface area contributed by atoms with Gasteiger partial charge in [0.2, 0.25) is 0 Å². The van der Waals surface area contributed by atoms with E-state index in [-0.39, 0.29) is 23.7 Å². The third-order valence-electron chi connectivity index (χ3n) is 9.34. The maximum absolute atomic E-state index is 14.0. The zero-order valence-corrected chi connectivity index (χ0v) is 36.8. The van der Waals surface area contributed by atoms with E-state index in [1.165, 1.54) is 48.5 Å². The van der Waals surface area contributed by atoms with Gasteiger partial charge in [0.15, 0.2) is 11.8 Å². The monoisotopic (exact) mass is 915 g/mol. The highest BCUT2D eigenvalue weighted by molar-refractivity contribution is 7.61. The summed E-state index contributed by atoms with van der Waals surface area (Å²) in [6, 6.07) is 19.6. The number of hydrogen-bond acceptors (Lipinski definition) is 17. The Morgan fingerprint density at radius 1 is 0.762 bits per heavy atom. The van der Waals surface area contributed by atoms with E-state index in [1.54, 1.807) is 65.8 Å². The second kappa shape index (κ2) is 18.9. The minimum atomic E-state index is -5.43. The first-order chi connectivity index (χ1) is 29.5. The summed E-state index contributed by atoms with van der Waals surface area (Å²) in [5, 5.41) is 26.3. The van der Waals surface area contributed by atoms with Crippen molar-refractivity contribution in [2.45, 2.75) is 85.8 Å². The number of para-hydroxylation sites is 1. The number of carbonyl (C=O) groups is 2. The van der Waals surface area contributed by atoms with Crippen LogP contribution >= 0.6 is 15.6 Å². The molecule has 0 radical (unpaired) electrons. The number of nitrogens with zero attached hydrogens (tertiary/aromatic N) is 3. The molecule has 1 aliphatic rings. The first-order valence-electron chi connectivity index (χ1n) is 19.4. The summed E-state index contributed by atoms with van der Waals surface area (Å²) >= 11 is 0. The predicted molar refractivity (Wildman–Crippen MR) is 221 cm³/mol. The molecule has 5 atom stereocenters. The van der Waals surface area contributed by atoms with Crippen molar-refractivity contribution < 1.29 is 70.4 Å². The minimum Gasteiger partial charge on any atom is -0.426 e. The fraction of sp³-hybridized carbons (Fsp3) is 0.390. The summed E-state index contributed by atoms with van der Waals surface area (Å²) in [4.78, 5) is 61.8. The van der Waals surface area contributed by atoms with Gasteiger partial charge in [0.25, 0.3) is 5.56 Å². The molecule has 3 N–H and O–H groups in total. The summed E-state index contributed by atoms with van der Waals surface area (Å²) in [7, 11) is -10.5. The maximum atomic E-state index is 14.0. The molecule has 0 amide bonds. The number of aromatic nitrogens is 3. The lowest BCUT2D eigenvalue weighted by atomic mass is 9.97. The molecule has 338 valence electrons. The van der Waals surface area contributed by atoms with Gasteiger partial charge in [-0.1, -0.05) is 41.6 Å². The standard InChI is InChI=1S/C41H47N3O17P2/c1-40(2,3)37(48)57-27-15-11-25(12-16-27)22-55-63(53,56-23-26-13-17-28(18-14-26)58-38(49)41(4,5)6)61-62(51,52)54-24-32-34(46)35(47)36(59-32)43-20-19-33(45)44(39(43)50)21-30-29-9-7-8-10-31(29)60-42-30/h7-20,32,34-36,46-47H,21-24H2,1-6H3,(H,51,52)/t32-,34+,35+,36-/m1/s1. The quantitative estimate of drug-likeness (QED) is 0.0636. The van der Waals surface area contributed by atoms with Gasteiger partial charge in [-0.3, -0.25) is 37.1 Å². The molecule has 0 bridgehead atoms. The molecule has 0 aliphatic carbocycles. The van der Waals surface area contributed by atoms with Crippen LogP contribution in [0, 0.1) is 10.8 Å². The number of aliphatic hydroxyl groups excluding tert-OH is 2. The molecule has 1 saturated heterocycles. The van der Waals surface area contributed by atoms with Crippen molar-refractivity contribution >= 4 is 38.6 Å². The van der Waals surface area contributed by atoms with E-state index in [1.807, 2.05) is 0 Å². The van der Waals surface area contributed by atoms with Crippen molar-refractivity contribution in [3.05, 3.63) is 123 Å². The molecule has 6 rings (SSSR count). The Morgan fingerprint density at radius 2 is 1.30 bits per heavy atom. The number of rotatable bonds is 16. The summed E-state index contributed by atoms with van der Waals surface area (Å²) in [5.41, 5.74) is -1.78. The van der Waals surface area contributed by atoms with Crippen molar-refractivity contribution in [3.8, 4) is 11.5 Å². The Balaban J connectivity index is 1.14. The average molecular weight is 916 g/mol. The second-order valence-corrected chi connectivity index (χ2v) is 19.8. The van der Waals surface area contributed by atoms with E-state index in [0.717, 1.165) is 21.4 Å². The van der Waals surface area contributed by atoms with Crippen molar-refractivity contribution in [2.75, 3.05) is 6.61 Å². The Kier molecular flexibility index (Phi) is 14.2. The fourth-order valence-corrected chi connectivity index (χ4v) is 8.31. The SMILES string of the molecule is CC(C)(C)C(=O)Oc1ccc(COP(=O)(OCc2ccc(OC(=O)C(C)(C)C)cc2)OP(=O)(O)OC[C@H]2O[C@@H](n3ccc(=O)n(Cc4noc5ccccc45)c3=O)[C@@H](O)[C@H]2O)cc1. The molecule has 5 aromatic rings. The normalized spacial score (nSPS) is 19.2. The number of phosphoric acid groups is 2. The van der Waals surface area contributed by atoms with Gasteiger partial charge in [0, 0.05) is 17.6 Å². The smallest absolute Gasteiger partial charge is 0.426 e. The lowest BCUT2D eigenvalue weighted by Crippen LogP contribution is -2.43. The number of ether oxygens (including phenoxy) is 3. The average Bonchev–Trinajstić information content (AvgIpc) is 3.76. The highest BCUT2D eigenvalue weighted by Gasteiger charge is 2.46. The van der Waals surface area contributed by atoms with Crippen LogP contribution in [0.25, 0.3) is 11.0 Å². The van der Waals surface area contributed by atoms with Crippen LogP contribution in [-0.2, 0) is 61.1 Å². The number of fused-ring (bicyclic) bond motifs is 1. The van der Waals surface area contributed by atoms with Crippen LogP contribution < -0.4 is 20.7 Å². The van der Waals surface area contributed by atoms with E-state index < -0.39 is 94.0 Å². The summed E-state index contributed by atoms with van der Waals surface area (Å²) in [6.45, 7) is 7.87. The van der Waals surface area contributed by atoms with Crippen LogP contribution in [0.5, 0.6) is 11.5 Å². The zero-order chi connectivity index (χ0) is 45.9. The highest BCUT2D eigenvalue weighted by atomic mass is 31.3. The number of carbonyl (C=O) groups excluding carboxylic acids is 2. The number of aliphatic hydroxyl groups is 2. The van der Waals surface area contributed by atoms with Crippen LogP contribution in [0.3, 0.4) is 0 Å². The second-order valence-electron chi connectivity index (χ2n) is 16.5. The Labute approximate surface area is 360 Å². The van der Waals surface area contributed by atoms with Gasteiger partial charge in [0.05, 0.1) is 37.2 Å². The van der Waals surface area contributed by atoms with Gasteiger partial charge >= 0.3 is 33.3 Å². The fourth-order valence-electron chi connectivity index (χ4n) is 5.71. The zero-order valence-electron chi connectivity index (χ0n) is 35.0. The first kappa shape index (κ1) is 47.4. The van der Waals surface area contributed by atoms with Crippen molar-refractivity contribution in [1.82, 2.24) is 14.3 Å². The van der Waals surface area contributed by atoms with Gasteiger partial charge < -0.3 is 33.8 Å². The molecule has 22 heteroatoms. The molecular formula is C41H47N3O17P2. The van der Waals surface area contributed by atoms with E-state index in [0.29, 0.717) is 22.1 Å². The van der Waals surface area contributed by atoms with E-state index in [9.17, 15) is 43.4 Å². The molecular weight excluding hydrogens is 868 g/mol. The topological polar surface area (TPSA) is 264 Å². The lowest BCUT2D eigenvalue weighted by Gasteiger charge is -2.22. The van der Waals surface area contributed by atoms with Gasteiger partial charge in [-0.15, -0.1) is 0 Å². The Bertz CT molecular complexity index is 2570. The van der Waals surface area contributed by atoms with Crippen molar-refractivity contribution in [3.63, 3.8) is 0 Å². The molecule has 1 aliphatic heterocycles. The van der Waals surface area contributed by atoms with Gasteiger partial charge in [-0.05, 0) is 89.1 Å². The number of phosphoric ester groups is 2. The van der Waals surface area contributed by atoms with Crippen molar-refractivity contribution in [2.24, 2.45) is 10.8 Å². The van der Waals surface area contributed by atoms with E-state index >= 15 is 0 Å². The predicted octanol–water partition coefficient (Wildman–Crippen LogP) is 5.40. The van der Waals surface area contributed by atoms with Gasteiger partial charge in [-0.2, -0.15) is 4.31 Å². The highest BCUT2D eigenvalue weighted by Crippen LogP contribution is 2.64. The maximum Gasteiger partial charge on any atom is 0.484 e. The molecule has 1 unspecified atom stereocenters. The molecule has 0 spiro atoms. The number of benzene rings is 3. The summed E-state index contributed by atoms with van der Waals surface area (Å²) in [6.07, 6.45) is -5.74.